The molecule has 4 amide bonds. The second-order valence-electron chi connectivity index (χ2n) is 8.70. The Kier molecular flexibility index (Phi) is 12.3. The summed E-state index contributed by atoms with van der Waals surface area (Å²) in [6, 6.07) is 13.1. The van der Waals surface area contributed by atoms with Crippen LogP contribution < -0.4 is 27.4 Å². The van der Waals surface area contributed by atoms with Crippen molar-refractivity contribution in [2.24, 2.45) is 11.5 Å². The minimum Gasteiger partial charge on any atom is -0.480 e. The fourth-order valence-electron chi connectivity index (χ4n) is 3.56. The Balaban J connectivity index is 2.12. The Bertz CT molecular complexity index is 1100. The quantitative estimate of drug-likeness (QED) is 0.148. The second kappa shape index (κ2) is 15.4. The fraction of sp³-hybridized carbons (Fsp3) is 0.346. The third-order valence-corrected chi connectivity index (χ3v) is 6.03. The monoisotopic (exact) mass is 543 g/mol. The normalized spacial score (nSPS) is 13.8. The van der Waals surface area contributed by atoms with Gasteiger partial charge in [-0.1, -0.05) is 60.7 Å². The van der Waals surface area contributed by atoms with Crippen molar-refractivity contribution >= 4 is 42.2 Å². The Morgan fingerprint density at radius 3 is 1.66 bits per heavy atom. The number of carboxylic acid groups (broad SMARTS) is 1. The van der Waals surface area contributed by atoms with Crippen LogP contribution in [0.25, 0.3) is 0 Å². The number of nitrogens with two attached hydrogens (primary N) is 2. The molecule has 4 unspecified atom stereocenters. The summed E-state index contributed by atoms with van der Waals surface area (Å²) >= 11 is 4.15. The molecule has 4 atom stereocenters. The molecule has 2 aromatic rings. The number of aliphatic carboxylic acids is 1. The molecule has 12 heteroatoms. The smallest absolute Gasteiger partial charge is 0.326 e. The number of carboxylic acids is 1. The molecule has 0 aliphatic heterocycles. The molecular formula is C26H33N5O6S. The van der Waals surface area contributed by atoms with E-state index >= 15 is 0 Å². The number of nitrogens with one attached hydrogen (secondary N) is 3. The van der Waals surface area contributed by atoms with Gasteiger partial charge in [0.2, 0.25) is 23.6 Å². The number of primary amides is 1. The summed E-state index contributed by atoms with van der Waals surface area (Å²) in [4.78, 5) is 61.5. The van der Waals surface area contributed by atoms with Crippen molar-refractivity contribution in [3.63, 3.8) is 0 Å². The number of amides is 4. The molecule has 0 spiro atoms. The maximum absolute atomic E-state index is 13.2. The minimum absolute atomic E-state index is 0.000501. The number of carbonyl (C=O) groups is 5. The average molecular weight is 544 g/mol. The van der Waals surface area contributed by atoms with Crippen molar-refractivity contribution in [1.82, 2.24) is 16.0 Å². The first-order valence-electron chi connectivity index (χ1n) is 12.0. The summed E-state index contributed by atoms with van der Waals surface area (Å²) in [5.41, 5.74) is 12.4. The predicted octanol–water partition coefficient (Wildman–Crippen LogP) is -0.467. The number of carbonyl (C=O) groups excluding carboxylic acids is 4. The summed E-state index contributed by atoms with van der Waals surface area (Å²) in [6.07, 6.45) is 0.0406. The van der Waals surface area contributed by atoms with Gasteiger partial charge in [0.15, 0.2) is 0 Å². The SMILES string of the molecule is NC(=O)CCC(N)C(=O)NC(Cc1ccccc1)C(=O)NC(CS)C(=O)NC(Cc1ccccc1)C(=O)O. The molecule has 2 aromatic carbocycles. The third kappa shape index (κ3) is 10.2. The van der Waals surface area contributed by atoms with Crippen molar-refractivity contribution in [1.29, 1.82) is 0 Å². The lowest BCUT2D eigenvalue weighted by Gasteiger charge is -2.24. The molecule has 0 aromatic heterocycles. The zero-order valence-corrected chi connectivity index (χ0v) is 21.6. The zero-order chi connectivity index (χ0) is 28.1. The molecule has 2 rings (SSSR count). The van der Waals surface area contributed by atoms with E-state index in [0.29, 0.717) is 5.56 Å². The summed E-state index contributed by atoms with van der Waals surface area (Å²) in [5.74, 6) is -4.05. The van der Waals surface area contributed by atoms with Crippen LogP contribution in [0.1, 0.15) is 24.0 Å². The molecule has 0 heterocycles. The van der Waals surface area contributed by atoms with E-state index in [-0.39, 0.29) is 31.4 Å². The van der Waals surface area contributed by atoms with Gasteiger partial charge in [0, 0.05) is 25.0 Å². The van der Waals surface area contributed by atoms with Gasteiger partial charge in [0.05, 0.1) is 6.04 Å². The number of hydrogen-bond acceptors (Lipinski definition) is 7. The van der Waals surface area contributed by atoms with E-state index in [9.17, 15) is 29.1 Å². The van der Waals surface area contributed by atoms with Gasteiger partial charge < -0.3 is 32.5 Å². The van der Waals surface area contributed by atoms with E-state index in [4.69, 9.17) is 11.5 Å². The van der Waals surface area contributed by atoms with Gasteiger partial charge in [-0.2, -0.15) is 12.6 Å². The van der Waals surface area contributed by atoms with Crippen LogP contribution in [0.3, 0.4) is 0 Å². The number of thiol groups is 1. The standard InChI is InChI=1S/C26H33N5O6S/c27-18(11-12-22(28)32)23(33)29-19(13-16-7-3-1-4-8-16)24(34)31-21(15-38)25(35)30-20(26(36)37)14-17-9-5-2-6-10-17/h1-10,18-21,38H,11-15,27H2,(H2,28,32)(H,29,33)(H,30,35)(H,31,34)(H,36,37). The average Bonchev–Trinajstić information content (AvgIpc) is 2.90. The summed E-state index contributed by atoms with van der Waals surface area (Å²) in [6.45, 7) is 0. The first kappa shape index (κ1) is 30.3. The Hall–Kier alpha value is -3.90. The van der Waals surface area contributed by atoms with Crippen LogP contribution in [0.2, 0.25) is 0 Å². The van der Waals surface area contributed by atoms with E-state index < -0.39 is 53.8 Å². The van der Waals surface area contributed by atoms with Gasteiger partial charge in [-0.3, -0.25) is 19.2 Å². The highest BCUT2D eigenvalue weighted by atomic mass is 32.1. The molecule has 0 bridgehead atoms. The Morgan fingerprint density at radius 2 is 1.18 bits per heavy atom. The lowest BCUT2D eigenvalue weighted by Crippen LogP contribution is -2.58. The molecule has 8 N–H and O–H groups in total. The maximum atomic E-state index is 13.2. The largest absolute Gasteiger partial charge is 0.480 e. The van der Waals surface area contributed by atoms with E-state index in [1.54, 1.807) is 60.7 Å². The molecule has 204 valence electrons. The maximum Gasteiger partial charge on any atom is 0.326 e. The van der Waals surface area contributed by atoms with Crippen LogP contribution in [0.15, 0.2) is 60.7 Å². The molecule has 0 radical (unpaired) electrons. The van der Waals surface area contributed by atoms with Crippen molar-refractivity contribution in [3.8, 4) is 0 Å². The van der Waals surface area contributed by atoms with Gasteiger partial charge in [0.1, 0.15) is 18.1 Å². The van der Waals surface area contributed by atoms with Crippen LogP contribution in [0.5, 0.6) is 0 Å². The lowest BCUT2D eigenvalue weighted by molar-refractivity contribution is -0.142. The van der Waals surface area contributed by atoms with E-state index in [2.05, 4.69) is 28.6 Å². The zero-order valence-electron chi connectivity index (χ0n) is 20.7. The first-order chi connectivity index (χ1) is 18.1. The lowest BCUT2D eigenvalue weighted by atomic mass is 10.0. The summed E-state index contributed by atoms with van der Waals surface area (Å²) in [5, 5.41) is 17.1. The van der Waals surface area contributed by atoms with Gasteiger partial charge in [-0.15, -0.1) is 0 Å². The molecule has 0 saturated carbocycles. The fourth-order valence-corrected chi connectivity index (χ4v) is 3.81. The van der Waals surface area contributed by atoms with Crippen LogP contribution in [0, 0.1) is 0 Å². The topological polar surface area (TPSA) is 194 Å². The second-order valence-corrected chi connectivity index (χ2v) is 9.06. The summed E-state index contributed by atoms with van der Waals surface area (Å²) < 4.78 is 0. The van der Waals surface area contributed by atoms with Crippen molar-refractivity contribution < 1.29 is 29.1 Å². The highest BCUT2D eigenvalue weighted by Gasteiger charge is 2.30. The molecule has 0 aliphatic rings. The first-order valence-corrected chi connectivity index (χ1v) is 12.6. The van der Waals surface area contributed by atoms with Crippen molar-refractivity contribution in [2.45, 2.75) is 49.9 Å². The van der Waals surface area contributed by atoms with Crippen LogP contribution >= 0.6 is 12.6 Å². The van der Waals surface area contributed by atoms with Crippen molar-refractivity contribution in [3.05, 3.63) is 71.8 Å². The van der Waals surface area contributed by atoms with Gasteiger partial charge >= 0.3 is 5.97 Å². The molecule has 38 heavy (non-hydrogen) atoms. The summed E-state index contributed by atoms with van der Waals surface area (Å²) in [7, 11) is 0. The van der Waals surface area contributed by atoms with E-state index in [1.165, 1.54) is 0 Å². The van der Waals surface area contributed by atoms with E-state index in [0.717, 1.165) is 5.56 Å². The molecule has 0 saturated heterocycles. The van der Waals surface area contributed by atoms with Crippen molar-refractivity contribution in [2.75, 3.05) is 5.75 Å². The van der Waals surface area contributed by atoms with Crippen LogP contribution in [0.4, 0.5) is 0 Å². The number of hydrogen-bond donors (Lipinski definition) is 7. The van der Waals surface area contributed by atoms with Crippen LogP contribution in [-0.2, 0) is 36.8 Å². The van der Waals surface area contributed by atoms with E-state index in [1.807, 2.05) is 0 Å². The van der Waals surface area contributed by atoms with Crippen LogP contribution in [-0.4, -0.2) is 64.6 Å². The Labute approximate surface area is 226 Å². The molecule has 0 aliphatic carbocycles. The molecule has 0 fully saturated rings. The third-order valence-electron chi connectivity index (χ3n) is 5.67. The van der Waals surface area contributed by atoms with Gasteiger partial charge in [-0.05, 0) is 17.5 Å². The highest BCUT2D eigenvalue weighted by Crippen LogP contribution is 2.07. The molecular weight excluding hydrogens is 510 g/mol. The number of benzene rings is 2. The predicted molar refractivity (Wildman–Crippen MR) is 144 cm³/mol. The minimum atomic E-state index is -1.23. The van der Waals surface area contributed by atoms with Gasteiger partial charge in [0.25, 0.3) is 0 Å². The molecule has 11 nitrogen and oxygen atoms in total. The number of rotatable bonds is 15. The Morgan fingerprint density at radius 1 is 0.737 bits per heavy atom. The van der Waals surface area contributed by atoms with Gasteiger partial charge in [-0.25, -0.2) is 4.79 Å². The highest BCUT2D eigenvalue weighted by molar-refractivity contribution is 7.80.